The molecule has 0 N–H and O–H groups in total. The molecule has 1 amide bonds. The second-order valence-electron chi connectivity index (χ2n) is 6.27. The van der Waals surface area contributed by atoms with Crippen LogP contribution in [0.4, 0.5) is 0 Å². The minimum atomic E-state index is -0.0457. The number of hydrogen-bond donors (Lipinski definition) is 0. The van der Waals surface area contributed by atoms with E-state index in [1.54, 1.807) is 24.7 Å². The summed E-state index contributed by atoms with van der Waals surface area (Å²) in [6.45, 7) is 1.72. The summed E-state index contributed by atoms with van der Waals surface area (Å²) >= 11 is 0. The Labute approximate surface area is 129 Å². The number of carbonyl (C=O) groups excluding carboxylic acids is 1. The van der Waals surface area contributed by atoms with Crippen LogP contribution in [-0.4, -0.2) is 32.1 Å². The third-order valence-electron chi connectivity index (χ3n) is 4.59. The number of likely N-dealkylation sites (tertiary alicyclic amines) is 1. The van der Waals surface area contributed by atoms with Crippen molar-refractivity contribution in [3.05, 3.63) is 36.3 Å². The molecular weight excluding hydrogens is 280 g/mol. The summed E-state index contributed by atoms with van der Waals surface area (Å²) in [6.07, 6.45) is 9.01. The average molecular weight is 300 g/mol. The lowest BCUT2D eigenvalue weighted by molar-refractivity contribution is 0.0561. The highest BCUT2D eigenvalue weighted by atomic mass is 16.3. The molecule has 2 aromatic heterocycles. The van der Waals surface area contributed by atoms with E-state index in [1.807, 2.05) is 4.90 Å². The first-order valence-corrected chi connectivity index (χ1v) is 8.05. The highest BCUT2D eigenvalue weighted by Crippen LogP contribution is 2.34. The van der Waals surface area contributed by atoms with Crippen molar-refractivity contribution < 1.29 is 9.21 Å². The van der Waals surface area contributed by atoms with Crippen LogP contribution in [0.3, 0.4) is 0 Å². The first-order valence-electron chi connectivity index (χ1n) is 8.05. The van der Waals surface area contributed by atoms with Gasteiger partial charge in [-0.25, -0.2) is 0 Å². The largest absolute Gasteiger partial charge is 0.459 e. The van der Waals surface area contributed by atoms with E-state index in [9.17, 15) is 4.79 Å². The number of furan rings is 1. The zero-order valence-corrected chi connectivity index (χ0v) is 12.5. The Bertz CT molecular complexity index is 645. The Balaban J connectivity index is 1.60. The van der Waals surface area contributed by atoms with Crippen molar-refractivity contribution in [1.29, 1.82) is 0 Å². The second kappa shape index (κ2) is 5.59. The van der Waals surface area contributed by atoms with E-state index in [1.165, 1.54) is 12.8 Å². The number of carbonyl (C=O) groups is 1. The summed E-state index contributed by atoms with van der Waals surface area (Å²) in [6, 6.07) is 3.48. The van der Waals surface area contributed by atoms with Gasteiger partial charge in [-0.05, 0) is 50.2 Å². The van der Waals surface area contributed by atoms with Gasteiger partial charge < -0.3 is 13.9 Å². The third kappa shape index (κ3) is 2.53. The summed E-state index contributed by atoms with van der Waals surface area (Å²) in [7, 11) is 0. The van der Waals surface area contributed by atoms with Gasteiger partial charge in [0.25, 0.3) is 5.91 Å². The van der Waals surface area contributed by atoms with Crippen molar-refractivity contribution >= 4 is 5.91 Å². The maximum absolute atomic E-state index is 12.7. The molecule has 2 aliphatic rings. The molecule has 6 nitrogen and oxygen atoms in total. The van der Waals surface area contributed by atoms with Gasteiger partial charge in [-0.1, -0.05) is 0 Å². The Kier molecular flexibility index (Phi) is 3.44. The summed E-state index contributed by atoms with van der Waals surface area (Å²) in [5.41, 5.74) is 0. The van der Waals surface area contributed by atoms with Crippen LogP contribution >= 0.6 is 0 Å². The molecule has 1 saturated carbocycles. The lowest BCUT2D eigenvalue weighted by Gasteiger charge is -2.34. The molecular formula is C16H20N4O2. The molecule has 0 unspecified atom stereocenters. The first-order chi connectivity index (χ1) is 10.8. The number of aromatic nitrogens is 3. The molecule has 0 bridgehead atoms. The number of nitrogens with zero attached hydrogens (tertiary/aromatic N) is 4. The zero-order chi connectivity index (χ0) is 14.9. The summed E-state index contributed by atoms with van der Waals surface area (Å²) in [4.78, 5) is 14.6. The van der Waals surface area contributed by atoms with Crippen LogP contribution in [0.2, 0.25) is 0 Å². The fourth-order valence-corrected chi connectivity index (χ4v) is 3.23. The van der Waals surface area contributed by atoms with Crippen LogP contribution in [0.25, 0.3) is 0 Å². The molecule has 2 aromatic rings. The van der Waals surface area contributed by atoms with Gasteiger partial charge in [-0.15, -0.1) is 10.2 Å². The summed E-state index contributed by atoms with van der Waals surface area (Å²) in [5.74, 6) is 2.04. The standard InChI is InChI=1S/C16H20N4O2/c21-16(14-5-3-9-22-14)20-8-2-1-4-13(20)15-18-17-11-19(15)10-12-6-7-12/h3,5,9,11-13H,1-2,4,6-8,10H2/t13-/m0/s1. The molecule has 1 atom stereocenters. The predicted octanol–water partition coefficient (Wildman–Crippen LogP) is 2.65. The molecule has 22 heavy (non-hydrogen) atoms. The van der Waals surface area contributed by atoms with Crippen LogP contribution in [0, 0.1) is 5.92 Å². The molecule has 4 rings (SSSR count). The smallest absolute Gasteiger partial charge is 0.290 e. The minimum absolute atomic E-state index is 0.00704. The normalized spacial score (nSPS) is 22.0. The molecule has 0 aromatic carbocycles. The SMILES string of the molecule is O=C(c1ccco1)N1CCCC[C@H]1c1nncn1CC1CC1. The highest BCUT2D eigenvalue weighted by Gasteiger charge is 2.34. The van der Waals surface area contributed by atoms with Gasteiger partial charge >= 0.3 is 0 Å². The van der Waals surface area contributed by atoms with E-state index in [-0.39, 0.29) is 11.9 Å². The van der Waals surface area contributed by atoms with E-state index in [2.05, 4.69) is 14.8 Å². The van der Waals surface area contributed by atoms with Gasteiger partial charge in [0.1, 0.15) is 6.33 Å². The molecule has 1 aliphatic carbocycles. The molecule has 3 heterocycles. The Morgan fingerprint density at radius 3 is 3.00 bits per heavy atom. The molecule has 116 valence electrons. The van der Waals surface area contributed by atoms with E-state index < -0.39 is 0 Å². The minimum Gasteiger partial charge on any atom is -0.459 e. The number of piperidine rings is 1. The summed E-state index contributed by atoms with van der Waals surface area (Å²) in [5, 5.41) is 8.41. The molecule has 1 aliphatic heterocycles. The fourth-order valence-electron chi connectivity index (χ4n) is 3.23. The number of hydrogen-bond acceptors (Lipinski definition) is 4. The van der Waals surface area contributed by atoms with Crippen molar-refractivity contribution in [1.82, 2.24) is 19.7 Å². The Morgan fingerprint density at radius 1 is 1.32 bits per heavy atom. The number of rotatable bonds is 4. The van der Waals surface area contributed by atoms with Crippen LogP contribution < -0.4 is 0 Å². The molecule has 1 saturated heterocycles. The molecule has 0 spiro atoms. The molecule has 0 radical (unpaired) electrons. The van der Waals surface area contributed by atoms with Gasteiger partial charge in [-0.3, -0.25) is 4.79 Å². The Hall–Kier alpha value is -2.11. The zero-order valence-electron chi connectivity index (χ0n) is 12.5. The maximum atomic E-state index is 12.7. The topological polar surface area (TPSA) is 64.2 Å². The van der Waals surface area contributed by atoms with Crippen LogP contribution in [0.5, 0.6) is 0 Å². The summed E-state index contributed by atoms with van der Waals surface area (Å²) < 4.78 is 7.42. The van der Waals surface area contributed by atoms with Gasteiger partial charge in [0.15, 0.2) is 11.6 Å². The van der Waals surface area contributed by atoms with E-state index in [0.29, 0.717) is 5.76 Å². The van der Waals surface area contributed by atoms with Gasteiger partial charge in [0.2, 0.25) is 0 Å². The molecule has 2 fully saturated rings. The van der Waals surface area contributed by atoms with Crippen LogP contribution in [0.15, 0.2) is 29.1 Å². The van der Waals surface area contributed by atoms with Crippen molar-refractivity contribution in [3.8, 4) is 0 Å². The monoisotopic (exact) mass is 300 g/mol. The Morgan fingerprint density at radius 2 is 2.23 bits per heavy atom. The lowest BCUT2D eigenvalue weighted by Crippen LogP contribution is -2.39. The van der Waals surface area contributed by atoms with Crippen molar-refractivity contribution in [2.75, 3.05) is 6.54 Å². The fraction of sp³-hybridized carbons (Fsp3) is 0.562. The van der Waals surface area contributed by atoms with Gasteiger partial charge in [-0.2, -0.15) is 0 Å². The van der Waals surface area contributed by atoms with E-state index in [4.69, 9.17) is 4.42 Å². The van der Waals surface area contributed by atoms with Crippen molar-refractivity contribution in [2.24, 2.45) is 5.92 Å². The first kappa shape index (κ1) is 13.5. The maximum Gasteiger partial charge on any atom is 0.290 e. The van der Waals surface area contributed by atoms with Crippen LogP contribution in [-0.2, 0) is 6.54 Å². The second-order valence-corrected chi connectivity index (χ2v) is 6.27. The van der Waals surface area contributed by atoms with Gasteiger partial charge in [0, 0.05) is 13.1 Å². The van der Waals surface area contributed by atoms with Gasteiger partial charge in [0.05, 0.1) is 12.3 Å². The van der Waals surface area contributed by atoms with E-state index in [0.717, 1.165) is 44.1 Å². The average Bonchev–Trinajstić information content (AvgIpc) is 3.03. The van der Waals surface area contributed by atoms with E-state index >= 15 is 0 Å². The number of amides is 1. The van der Waals surface area contributed by atoms with Crippen molar-refractivity contribution in [2.45, 2.75) is 44.7 Å². The van der Waals surface area contributed by atoms with Crippen LogP contribution in [0.1, 0.15) is 54.5 Å². The quantitative estimate of drug-likeness (QED) is 0.870. The predicted molar refractivity (Wildman–Crippen MR) is 79.1 cm³/mol. The molecule has 6 heteroatoms. The highest BCUT2D eigenvalue weighted by molar-refractivity contribution is 5.91. The third-order valence-corrected chi connectivity index (χ3v) is 4.59. The van der Waals surface area contributed by atoms with Crippen molar-refractivity contribution in [3.63, 3.8) is 0 Å². The lowest BCUT2D eigenvalue weighted by atomic mass is 10.0.